The first-order valence-corrected chi connectivity index (χ1v) is 8.16. The van der Waals surface area contributed by atoms with Gasteiger partial charge < -0.3 is 19.3 Å². The number of carboxylic acid groups (broad SMARTS) is 1. The van der Waals surface area contributed by atoms with Gasteiger partial charge in [-0.3, -0.25) is 0 Å². The van der Waals surface area contributed by atoms with Crippen LogP contribution in [-0.2, 0) is 11.8 Å². The van der Waals surface area contributed by atoms with Gasteiger partial charge in [-0.05, 0) is 44.4 Å². The first-order chi connectivity index (χ1) is 11.1. The molecule has 2 aromatic rings. The number of aromatic nitrogens is 2. The van der Waals surface area contributed by atoms with E-state index in [1.54, 1.807) is 12.1 Å². The zero-order chi connectivity index (χ0) is 16.4. The molecule has 1 aromatic carbocycles. The van der Waals surface area contributed by atoms with Crippen molar-refractivity contribution in [2.75, 3.05) is 24.6 Å². The van der Waals surface area contributed by atoms with Gasteiger partial charge in [0.25, 0.3) is 0 Å². The van der Waals surface area contributed by atoms with Crippen LogP contribution in [0.25, 0.3) is 11.0 Å². The number of ether oxygens (including phenoxy) is 1. The average Bonchev–Trinajstić information content (AvgIpc) is 2.90. The number of anilines is 1. The summed E-state index contributed by atoms with van der Waals surface area (Å²) in [5.41, 5.74) is 1.92. The smallest absolute Gasteiger partial charge is 0.335 e. The molecule has 1 aromatic heterocycles. The van der Waals surface area contributed by atoms with Crippen LogP contribution in [0, 0.1) is 0 Å². The molecule has 2 heterocycles. The molecule has 0 spiro atoms. The Balaban J connectivity index is 1.90. The number of carboxylic acids is 1. The molecule has 0 bridgehead atoms. The zero-order valence-electron chi connectivity index (χ0n) is 13.7. The summed E-state index contributed by atoms with van der Waals surface area (Å²) in [7, 11) is 1.97. The van der Waals surface area contributed by atoms with Gasteiger partial charge >= 0.3 is 5.97 Å². The number of benzene rings is 1. The van der Waals surface area contributed by atoms with E-state index in [9.17, 15) is 4.79 Å². The number of rotatable bonds is 5. The monoisotopic (exact) mass is 317 g/mol. The Labute approximate surface area is 135 Å². The number of imidazole rings is 1. The molecule has 6 heteroatoms. The van der Waals surface area contributed by atoms with E-state index in [2.05, 4.69) is 16.8 Å². The number of hydrogen-bond acceptors (Lipinski definition) is 4. The molecular weight excluding hydrogens is 294 g/mol. The summed E-state index contributed by atoms with van der Waals surface area (Å²) >= 11 is 0. The Morgan fingerprint density at radius 3 is 2.96 bits per heavy atom. The van der Waals surface area contributed by atoms with Crippen LogP contribution >= 0.6 is 0 Å². The highest BCUT2D eigenvalue weighted by molar-refractivity contribution is 5.93. The molecule has 1 unspecified atom stereocenters. The molecule has 0 saturated carbocycles. The maximum absolute atomic E-state index is 11.1. The fraction of sp³-hybridized carbons (Fsp3) is 0.529. The highest BCUT2D eigenvalue weighted by Gasteiger charge is 2.21. The first-order valence-electron chi connectivity index (χ1n) is 8.16. The van der Waals surface area contributed by atoms with Crippen molar-refractivity contribution >= 4 is 23.0 Å². The third kappa shape index (κ3) is 3.17. The Hall–Kier alpha value is -2.08. The van der Waals surface area contributed by atoms with E-state index >= 15 is 0 Å². The minimum absolute atomic E-state index is 0.248. The molecule has 1 saturated heterocycles. The average molecular weight is 317 g/mol. The molecule has 6 nitrogen and oxygen atoms in total. The van der Waals surface area contributed by atoms with Crippen LogP contribution in [0.3, 0.4) is 0 Å². The van der Waals surface area contributed by atoms with Gasteiger partial charge in [-0.25, -0.2) is 9.78 Å². The number of fused-ring (bicyclic) bond motifs is 1. The van der Waals surface area contributed by atoms with Gasteiger partial charge in [0.1, 0.15) is 0 Å². The van der Waals surface area contributed by atoms with Gasteiger partial charge in [0.15, 0.2) is 0 Å². The van der Waals surface area contributed by atoms with Crippen LogP contribution in [-0.4, -0.2) is 46.4 Å². The highest BCUT2D eigenvalue weighted by atomic mass is 16.5. The van der Waals surface area contributed by atoms with Crippen LogP contribution in [0.5, 0.6) is 0 Å². The molecule has 1 fully saturated rings. The number of nitrogens with zero attached hydrogens (tertiary/aromatic N) is 3. The number of aromatic carboxylic acids is 1. The summed E-state index contributed by atoms with van der Waals surface area (Å²) in [6.45, 7) is 4.60. The molecule has 124 valence electrons. The summed E-state index contributed by atoms with van der Waals surface area (Å²) in [5.74, 6) is -0.0683. The van der Waals surface area contributed by atoms with Crippen molar-refractivity contribution in [2.45, 2.75) is 32.3 Å². The molecule has 3 rings (SSSR count). The van der Waals surface area contributed by atoms with E-state index in [-0.39, 0.29) is 11.7 Å². The molecule has 0 aliphatic carbocycles. The van der Waals surface area contributed by atoms with Crippen LogP contribution in [0.1, 0.15) is 36.5 Å². The van der Waals surface area contributed by atoms with Gasteiger partial charge in [0.2, 0.25) is 5.95 Å². The number of likely N-dealkylation sites (N-methyl/N-ethyl adjacent to an activating group) is 1. The van der Waals surface area contributed by atoms with Crippen molar-refractivity contribution in [1.82, 2.24) is 9.55 Å². The topological polar surface area (TPSA) is 67.6 Å². The molecule has 0 amide bonds. The largest absolute Gasteiger partial charge is 0.478 e. The second kappa shape index (κ2) is 6.58. The van der Waals surface area contributed by atoms with Crippen LogP contribution in [0.4, 0.5) is 5.95 Å². The summed E-state index contributed by atoms with van der Waals surface area (Å²) in [5, 5.41) is 9.13. The molecule has 1 atom stereocenters. The van der Waals surface area contributed by atoms with Crippen LogP contribution in [0.15, 0.2) is 18.2 Å². The standard InChI is InChI=1S/C17H23N3O3/c1-3-20(11-13-6-4-5-9-23-13)17-18-14-10-12(16(21)22)7-8-15(14)19(17)2/h7-8,10,13H,3-6,9,11H2,1-2H3,(H,21,22). The molecule has 1 N–H and O–H groups in total. The molecule has 1 aliphatic rings. The van der Waals surface area contributed by atoms with Gasteiger partial charge in [0, 0.05) is 26.7 Å². The number of hydrogen-bond donors (Lipinski definition) is 1. The minimum Gasteiger partial charge on any atom is -0.478 e. The summed E-state index contributed by atoms with van der Waals surface area (Å²) in [6, 6.07) is 5.07. The van der Waals surface area contributed by atoms with Crippen molar-refractivity contribution in [1.29, 1.82) is 0 Å². The van der Waals surface area contributed by atoms with Crippen LogP contribution in [0.2, 0.25) is 0 Å². The van der Waals surface area contributed by atoms with Crippen molar-refractivity contribution < 1.29 is 14.6 Å². The third-order valence-corrected chi connectivity index (χ3v) is 4.47. The quantitative estimate of drug-likeness (QED) is 0.918. The van der Waals surface area contributed by atoms with Gasteiger partial charge in [-0.1, -0.05) is 0 Å². The van der Waals surface area contributed by atoms with Crippen molar-refractivity contribution in [3.05, 3.63) is 23.8 Å². The SMILES string of the molecule is CCN(CC1CCCCO1)c1nc2cc(C(=O)O)ccc2n1C. The fourth-order valence-electron chi connectivity index (χ4n) is 3.15. The predicted molar refractivity (Wildman–Crippen MR) is 89.2 cm³/mol. The normalized spacial score (nSPS) is 18.3. The van der Waals surface area contributed by atoms with Crippen molar-refractivity contribution in [2.24, 2.45) is 7.05 Å². The second-order valence-corrected chi connectivity index (χ2v) is 6.01. The summed E-state index contributed by atoms with van der Waals surface area (Å²) in [4.78, 5) is 18.0. The third-order valence-electron chi connectivity index (χ3n) is 4.47. The summed E-state index contributed by atoms with van der Waals surface area (Å²) in [6.07, 6.45) is 3.70. The first kappa shape index (κ1) is 15.8. The van der Waals surface area contributed by atoms with Crippen molar-refractivity contribution in [3.8, 4) is 0 Å². The van der Waals surface area contributed by atoms with Gasteiger partial charge in [0.05, 0.1) is 22.7 Å². The van der Waals surface area contributed by atoms with Crippen LogP contribution < -0.4 is 4.90 Å². The molecule has 0 radical (unpaired) electrons. The van der Waals surface area contributed by atoms with E-state index in [1.165, 1.54) is 6.42 Å². The Morgan fingerprint density at radius 2 is 2.30 bits per heavy atom. The van der Waals surface area contributed by atoms with E-state index in [4.69, 9.17) is 9.84 Å². The highest BCUT2D eigenvalue weighted by Crippen LogP contribution is 2.24. The molecule has 23 heavy (non-hydrogen) atoms. The lowest BCUT2D eigenvalue weighted by Gasteiger charge is -2.29. The molecule has 1 aliphatic heterocycles. The van der Waals surface area contributed by atoms with Crippen molar-refractivity contribution in [3.63, 3.8) is 0 Å². The lowest BCUT2D eigenvalue weighted by Crippen LogP contribution is -2.37. The fourth-order valence-corrected chi connectivity index (χ4v) is 3.15. The van der Waals surface area contributed by atoms with Gasteiger partial charge in [-0.2, -0.15) is 0 Å². The molecular formula is C17H23N3O3. The lowest BCUT2D eigenvalue weighted by molar-refractivity contribution is 0.0209. The Morgan fingerprint density at radius 1 is 1.48 bits per heavy atom. The van der Waals surface area contributed by atoms with E-state index in [0.29, 0.717) is 5.52 Å². The van der Waals surface area contributed by atoms with E-state index in [0.717, 1.165) is 44.0 Å². The van der Waals surface area contributed by atoms with Gasteiger partial charge in [-0.15, -0.1) is 0 Å². The predicted octanol–water partition coefficient (Wildman–Crippen LogP) is 2.67. The maximum Gasteiger partial charge on any atom is 0.335 e. The number of carbonyl (C=O) groups is 1. The second-order valence-electron chi connectivity index (χ2n) is 6.01. The van der Waals surface area contributed by atoms with E-state index in [1.807, 2.05) is 17.7 Å². The lowest BCUT2D eigenvalue weighted by atomic mass is 10.1. The maximum atomic E-state index is 11.1. The summed E-state index contributed by atoms with van der Waals surface area (Å²) < 4.78 is 7.86. The number of aryl methyl sites for hydroxylation is 1. The van der Waals surface area contributed by atoms with E-state index < -0.39 is 5.97 Å². The minimum atomic E-state index is -0.929. The Bertz CT molecular complexity index is 704. The zero-order valence-corrected chi connectivity index (χ0v) is 13.7. The Kier molecular flexibility index (Phi) is 4.52.